The summed E-state index contributed by atoms with van der Waals surface area (Å²) in [7, 11) is 0. The molecule has 0 unspecified atom stereocenters. The van der Waals surface area contributed by atoms with Crippen molar-refractivity contribution in [1.29, 1.82) is 5.26 Å². The summed E-state index contributed by atoms with van der Waals surface area (Å²) in [6, 6.07) is 2.57. The first-order valence-corrected chi connectivity index (χ1v) is 7.05. The van der Waals surface area contributed by atoms with Gasteiger partial charge in [0.2, 0.25) is 0 Å². The molecule has 0 saturated heterocycles. The topological polar surface area (TPSA) is 62.1 Å². The zero-order chi connectivity index (χ0) is 14.7. The van der Waals surface area contributed by atoms with Gasteiger partial charge in [-0.3, -0.25) is 0 Å². The molecule has 0 aliphatic heterocycles. The summed E-state index contributed by atoms with van der Waals surface area (Å²) in [6.07, 6.45) is 3.49. The molecule has 108 valence electrons. The van der Waals surface area contributed by atoms with Crippen LogP contribution in [-0.4, -0.2) is 17.7 Å². The van der Waals surface area contributed by atoms with Crippen LogP contribution in [0.25, 0.3) is 0 Å². The molecule has 1 aliphatic rings. The number of carbonyl (C=O) groups excluding carboxylic acids is 1. The lowest BCUT2D eigenvalue weighted by Gasteiger charge is -2.35. The maximum atomic E-state index is 11.7. The number of ether oxygens (including phenoxy) is 1. The molecule has 0 aromatic heterocycles. The summed E-state index contributed by atoms with van der Waals surface area (Å²) >= 11 is 0. The summed E-state index contributed by atoms with van der Waals surface area (Å²) in [4.78, 5) is 11.7. The van der Waals surface area contributed by atoms with Gasteiger partial charge in [-0.2, -0.15) is 5.26 Å². The Morgan fingerprint density at radius 2 is 1.68 bits per heavy atom. The zero-order valence-electron chi connectivity index (χ0n) is 12.7. The molecule has 1 aliphatic carbocycles. The minimum absolute atomic E-state index is 0.181. The SMILES string of the molecule is CC(C)(C)OC(=O)NC1CCC(C(C)(C)C#N)CC1. The molecule has 4 nitrogen and oxygen atoms in total. The number of nitriles is 1. The molecule has 1 saturated carbocycles. The highest BCUT2D eigenvalue weighted by molar-refractivity contribution is 5.68. The smallest absolute Gasteiger partial charge is 0.407 e. The fourth-order valence-electron chi connectivity index (χ4n) is 2.52. The lowest BCUT2D eigenvalue weighted by Crippen LogP contribution is -2.42. The quantitative estimate of drug-likeness (QED) is 0.830. The molecule has 1 fully saturated rings. The standard InChI is InChI=1S/C15H26N2O2/c1-14(2,3)19-13(18)17-12-8-6-11(7-9-12)15(4,5)10-16/h11-12H,6-9H2,1-5H3,(H,17,18). The van der Waals surface area contributed by atoms with Crippen LogP contribution in [0.3, 0.4) is 0 Å². The molecule has 0 radical (unpaired) electrons. The van der Waals surface area contributed by atoms with Crippen molar-refractivity contribution in [3.05, 3.63) is 0 Å². The number of hydrogen-bond acceptors (Lipinski definition) is 3. The van der Waals surface area contributed by atoms with Crippen LogP contribution in [-0.2, 0) is 4.74 Å². The van der Waals surface area contributed by atoms with Gasteiger partial charge in [-0.05, 0) is 66.2 Å². The number of alkyl carbamates (subject to hydrolysis) is 1. The summed E-state index contributed by atoms with van der Waals surface area (Å²) in [5, 5.41) is 12.1. The van der Waals surface area contributed by atoms with Crippen molar-refractivity contribution < 1.29 is 9.53 Å². The third-order valence-corrected chi connectivity index (χ3v) is 3.76. The predicted molar refractivity (Wildman–Crippen MR) is 74.5 cm³/mol. The van der Waals surface area contributed by atoms with E-state index in [9.17, 15) is 4.79 Å². The van der Waals surface area contributed by atoms with E-state index >= 15 is 0 Å². The van der Waals surface area contributed by atoms with Crippen LogP contribution in [0.4, 0.5) is 4.79 Å². The van der Waals surface area contributed by atoms with Gasteiger partial charge in [0.25, 0.3) is 0 Å². The molecule has 19 heavy (non-hydrogen) atoms. The predicted octanol–water partition coefficient (Wildman–Crippen LogP) is 3.62. The van der Waals surface area contributed by atoms with E-state index in [0.717, 1.165) is 25.7 Å². The van der Waals surface area contributed by atoms with Crippen LogP contribution < -0.4 is 5.32 Å². The summed E-state index contributed by atoms with van der Waals surface area (Å²) in [5.41, 5.74) is -0.721. The van der Waals surface area contributed by atoms with Crippen molar-refractivity contribution in [3.63, 3.8) is 0 Å². The monoisotopic (exact) mass is 266 g/mol. The van der Waals surface area contributed by atoms with E-state index in [1.807, 2.05) is 34.6 Å². The first-order chi connectivity index (χ1) is 8.64. The molecular weight excluding hydrogens is 240 g/mol. The van der Waals surface area contributed by atoms with Gasteiger partial charge in [0.05, 0.1) is 11.5 Å². The molecule has 0 heterocycles. The molecule has 0 spiro atoms. The molecule has 0 aromatic carbocycles. The fourth-order valence-corrected chi connectivity index (χ4v) is 2.52. The second kappa shape index (κ2) is 5.81. The van der Waals surface area contributed by atoms with Crippen molar-refractivity contribution >= 4 is 6.09 Å². The second-order valence-electron chi connectivity index (χ2n) is 7.03. The van der Waals surface area contributed by atoms with Crippen molar-refractivity contribution in [2.24, 2.45) is 11.3 Å². The molecule has 0 aromatic rings. The van der Waals surface area contributed by atoms with Gasteiger partial charge < -0.3 is 10.1 Å². The van der Waals surface area contributed by atoms with Crippen molar-refractivity contribution in [3.8, 4) is 6.07 Å². The molecule has 0 bridgehead atoms. The van der Waals surface area contributed by atoms with Crippen LogP contribution >= 0.6 is 0 Å². The normalized spacial score (nSPS) is 24.4. The van der Waals surface area contributed by atoms with Gasteiger partial charge in [-0.15, -0.1) is 0 Å². The first kappa shape index (κ1) is 15.8. The Balaban J connectivity index is 2.39. The van der Waals surface area contributed by atoms with Crippen LogP contribution in [0.1, 0.15) is 60.3 Å². The number of amides is 1. The van der Waals surface area contributed by atoms with E-state index < -0.39 is 5.60 Å². The number of nitrogens with one attached hydrogen (secondary N) is 1. The first-order valence-electron chi connectivity index (χ1n) is 7.05. The third kappa shape index (κ3) is 5.10. The van der Waals surface area contributed by atoms with Crippen LogP contribution in [0.5, 0.6) is 0 Å². The van der Waals surface area contributed by atoms with Gasteiger partial charge in [-0.25, -0.2) is 4.79 Å². The molecule has 4 heteroatoms. The Morgan fingerprint density at radius 3 is 2.11 bits per heavy atom. The highest BCUT2D eigenvalue weighted by atomic mass is 16.6. The van der Waals surface area contributed by atoms with E-state index in [1.165, 1.54) is 0 Å². The highest BCUT2D eigenvalue weighted by Gasteiger charge is 2.33. The molecule has 1 rings (SSSR count). The number of hydrogen-bond donors (Lipinski definition) is 1. The van der Waals surface area contributed by atoms with E-state index in [2.05, 4.69) is 11.4 Å². The van der Waals surface area contributed by atoms with Crippen molar-refractivity contribution in [1.82, 2.24) is 5.32 Å². The Morgan fingerprint density at radius 1 is 1.16 bits per heavy atom. The minimum atomic E-state index is -0.454. The van der Waals surface area contributed by atoms with E-state index in [4.69, 9.17) is 10.00 Å². The average Bonchev–Trinajstić information content (AvgIpc) is 2.27. The Hall–Kier alpha value is -1.24. The van der Waals surface area contributed by atoms with Crippen LogP contribution in [0.15, 0.2) is 0 Å². The van der Waals surface area contributed by atoms with Crippen LogP contribution in [0.2, 0.25) is 0 Å². The largest absolute Gasteiger partial charge is 0.444 e. The molecule has 0 atom stereocenters. The van der Waals surface area contributed by atoms with Gasteiger partial charge in [0.15, 0.2) is 0 Å². The minimum Gasteiger partial charge on any atom is -0.444 e. The lowest BCUT2D eigenvalue weighted by atomic mass is 9.71. The summed E-state index contributed by atoms with van der Waals surface area (Å²) in [6.45, 7) is 9.58. The van der Waals surface area contributed by atoms with Gasteiger partial charge in [0.1, 0.15) is 5.60 Å². The van der Waals surface area contributed by atoms with Crippen molar-refractivity contribution in [2.75, 3.05) is 0 Å². The summed E-state index contributed by atoms with van der Waals surface area (Å²) in [5.74, 6) is 0.425. The van der Waals surface area contributed by atoms with Gasteiger partial charge in [-0.1, -0.05) is 0 Å². The summed E-state index contributed by atoms with van der Waals surface area (Å²) < 4.78 is 5.25. The maximum absolute atomic E-state index is 11.7. The average molecular weight is 266 g/mol. The van der Waals surface area contributed by atoms with Gasteiger partial charge >= 0.3 is 6.09 Å². The molecule has 1 N–H and O–H groups in total. The Bertz CT molecular complexity index is 355. The van der Waals surface area contributed by atoms with Crippen molar-refractivity contribution in [2.45, 2.75) is 71.9 Å². The van der Waals surface area contributed by atoms with Gasteiger partial charge in [0, 0.05) is 6.04 Å². The maximum Gasteiger partial charge on any atom is 0.407 e. The Kier molecular flexibility index (Phi) is 4.84. The highest BCUT2D eigenvalue weighted by Crippen LogP contribution is 2.37. The fraction of sp³-hybridized carbons (Fsp3) is 0.867. The second-order valence-corrected chi connectivity index (χ2v) is 7.03. The number of carbonyl (C=O) groups is 1. The number of rotatable bonds is 2. The van der Waals surface area contributed by atoms with E-state index in [-0.39, 0.29) is 17.6 Å². The lowest BCUT2D eigenvalue weighted by molar-refractivity contribution is 0.0479. The molecule has 1 amide bonds. The Labute approximate surface area is 116 Å². The van der Waals surface area contributed by atoms with Crippen LogP contribution in [0, 0.1) is 22.7 Å². The zero-order valence-corrected chi connectivity index (χ0v) is 12.7. The third-order valence-electron chi connectivity index (χ3n) is 3.76. The molecular formula is C15H26N2O2. The van der Waals surface area contributed by atoms with E-state index in [0.29, 0.717) is 5.92 Å². The number of nitrogens with zero attached hydrogens (tertiary/aromatic N) is 1. The van der Waals surface area contributed by atoms with E-state index in [1.54, 1.807) is 0 Å².